The second-order valence-electron chi connectivity index (χ2n) is 9.13. The molecular weight excluding hydrogens is 338 g/mol. The molecule has 27 heavy (non-hydrogen) atoms. The van der Waals surface area contributed by atoms with Gasteiger partial charge in [0.15, 0.2) is 5.96 Å². The Kier molecular flexibility index (Phi) is 6.25. The lowest BCUT2D eigenvalue weighted by Gasteiger charge is -2.49. The van der Waals surface area contributed by atoms with Crippen molar-refractivity contribution in [3.8, 4) is 0 Å². The number of rotatable bonds is 5. The molecule has 4 aliphatic rings. The minimum atomic E-state index is 0.250. The summed E-state index contributed by atoms with van der Waals surface area (Å²) in [6.45, 7) is 8.87. The summed E-state index contributed by atoms with van der Waals surface area (Å²) in [4.78, 5) is 10.4. The van der Waals surface area contributed by atoms with Crippen LogP contribution in [0.25, 0.3) is 0 Å². The third kappa shape index (κ3) is 4.43. The fraction of sp³-hybridized carbons (Fsp3) is 0.952. The Morgan fingerprint density at radius 2 is 1.89 bits per heavy atom. The van der Waals surface area contributed by atoms with E-state index in [0.717, 1.165) is 25.5 Å². The molecule has 3 atom stereocenters. The topological polar surface area (TPSA) is 52.1 Å². The van der Waals surface area contributed by atoms with Crippen LogP contribution in [-0.4, -0.2) is 85.9 Å². The van der Waals surface area contributed by atoms with Gasteiger partial charge in [0.05, 0.1) is 24.8 Å². The number of ether oxygens (including phenoxy) is 1. The normalized spacial score (nSPS) is 34.7. The summed E-state index contributed by atoms with van der Waals surface area (Å²) in [7, 11) is 2.25. The minimum Gasteiger partial charge on any atom is -0.373 e. The van der Waals surface area contributed by atoms with Crippen molar-refractivity contribution in [3.63, 3.8) is 0 Å². The molecule has 0 radical (unpaired) electrons. The molecule has 6 nitrogen and oxygen atoms in total. The summed E-state index contributed by atoms with van der Waals surface area (Å²) in [6, 6.07) is 0.435. The van der Waals surface area contributed by atoms with E-state index < -0.39 is 0 Å². The number of fused-ring (bicyclic) bond motifs is 2. The van der Waals surface area contributed by atoms with Gasteiger partial charge in [-0.1, -0.05) is 6.42 Å². The van der Waals surface area contributed by atoms with E-state index in [0.29, 0.717) is 18.2 Å². The maximum atomic E-state index is 6.03. The standard InChI is InChI=1S/C21H39N5O/c1-3-22-20(24-18-15-17-7-8-19(18)27-17)23-16-21(9-13-25(2)14-10-21)26-11-5-4-6-12-26/h17-19H,3-16H2,1-2H3,(H2,22,23,24). The zero-order valence-electron chi connectivity index (χ0n) is 17.4. The summed E-state index contributed by atoms with van der Waals surface area (Å²) in [5.74, 6) is 0.994. The van der Waals surface area contributed by atoms with Crippen LogP contribution in [-0.2, 0) is 4.74 Å². The molecule has 2 N–H and O–H groups in total. The highest BCUT2D eigenvalue weighted by Gasteiger charge is 2.42. The van der Waals surface area contributed by atoms with Crippen molar-refractivity contribution in [3.05, 3.63) is 0 Å². The smallest absolute Gasteiger partial charge is 0.191 e. The Morgan fingerprint density at radius 1 is 1.11 bits per heavy atom. The van der Waals surface area contributed by atoms with E-state index in [1.54, 1.807) is 0 Å². The highest BCUT2D eigenvalue weighted by atomic mass is 16.5. The van der Waals surface area contributed by atoms with Crippen molar-refractivity contribution < 1.29 is 4.74 Å². The van der Waals surface area contributed by atoms with E-state index in [9.17, 15) is 0 Å². The van der Waals surface area contributed by atoms with Crippen LogP contribution < -0.4 is 10.6 Å². The molecule has 0 spiro atoms. The first kappa shape index (κ1) is 19.5. The quantitative estimate of drug-likeness (QED) is 0.565. The first-order chi connectivity index (χ1) is 13.2. The van der Waals surface area contributed by atoms with Crippen LogP contribution in [0, 0.1) is 0 Å². The summed E-state index contributed by atoms with van der Waals surface area (Å²) in [5, 5.41) is 7.19. The predicted octanol–water partition coefficient (Wildman–Crippen LogP) is 1.81. The van der Waals surface area contributed by atoms with Gasteiger partial charge in [-0.3, -0.25) is 9.89 Å². The van der Waals surface area contributed by atoms with Crippen LogP contribution in [0.1, 0.15) is 58.3 Å². The van der Waals surface area contributed by atoms with Crippen LogP contribution >= 0.6 is 0 Å². The van der Waals surface area contributed by atoms with Crippen LogP contribution in [0.15, 0.2) is 4.99 Å². The van der Waals surface area contributed by atoms with Gasteiger partial charge in [-0.05, 0) is 85.1 Å². The molecule has 0 aromatic rings. The largest absolute Gasteiger partial charge is 0.373 e. The van der Waals surface area contributed by atoms with E-state index in [2.05, 4.69) is 34.4 Å². The van der Waals surface area contributed by atoms with Gasteiger partial charge in [-0.2, -0.15) is 0 Å². The molecule has 4 fully saturated rings. The summed E-state index contributed by atoms with van der Waals surface area (Å²) >= 11 is 0. The average molecular weight is 378 g/mol. The highest BCUT2D eigenvalue weighted by Crippen LogP contribution is 2.34. The van der Waals surface area contributed by atoms with Gasteiger partial charge in [-0.25, -0.2) is 0 Å². The maximum absolute atomic E-state index is 6.03. The van der Waals surface area contributed by atoms with Crippen molar-refractivity contribution in [2.75, 3.05) is 46.3 Å². The van der Waals surface area contributed by atoms with Crippen molar-refractivity contribution in [2.24, 2.45) is 4.99 Å². The molecule has 154 valence electrons. The maximum Gasteiger partial charge on any atom is 0.191 e. The number of guanidine groups is 1. The lowest BCUT2D eigenvalue weighted by Crippen LogP contribution is -2.58. The van der Waals surface area contributed by atoms with Crippen LogP contribution in [0.5, 0.6) is 0 Å². The second kappa shape index (κ2) is 8.66. The molecule has 3 unspecified atom stereocenters. The molecule has 4 saturated heterocycles. The Labute approximate surface area is 165 Å². The molecule has 6 heteroatoms. The van der Waals surface area contributed by atoms with Crippen LogP contribution in [0.3, 0.4) is 0 Å². The van der Waals surface area contributed by atoms with Gasteiger partial charge in [-0.15, -0.1) is 0 Å². The lowest BCUT2D eigenvalue weighted by molar-refractivity contribution is 0.0208. The van der Waals surface area contributed by atoms with E-state index >= 15 is 0 Å². The minimum absolute atomic E-state index is 0.250. The average Bonchev–Trinajstić information content (AvgIpc) is 3.32. The molecule has 0 aromatic carbocycles. The van der Waals surface area contributed by atoms with E-state index in [1.165, 1.54) is 71.1 Å². The molecule has 0 aromatic heterocycles. The monoisotopic (exact) mass is 377 g/mol. The van der Waals surface area contributed by atoms with Crippen molar-refractivity contribution in [2.45, 2.75) is 82.1 Å². The molecule has 2 bridgehead atoms. The number of nitrogens with one attached hydrogen (secondary N) is 2. The number of piperidine rings is 2. The SMILES string of the molecule is CCNC(=NCC1(N2CCCCC2)CCN(C)CC1)NC1CC2CCC1O2. The number of likely N-dealkylation sites (tertiary alicyclic amines) is 2. The number of hydrogen-bond acceptors (Lipinski definition) is 4. The van der Waals surface area contributed by atoms with Crippen LogP contribution in [0.2, 0.25) is 0 Å². The Hall–Kier alpha value is -0.850. The molecule has 4 rings (SSSR count). The fourth-order valence-electron chi connectivity index (χ4n) is 5.49. The molecule has 4 heterocycles. The fourth-order valence-corrected chi connectivity index (χ4v) is 5.49. The van der Waals surface area contributed by atoms with E-state index in [1.807, 2.05) is 0 Å². The molecule has 0 aliphatic carbocycles. The second-order valence-corrected chi connectivity index (χ2v) is 9.13. The van der Waals surface area contributed by atoms with Gasteiger partial charge < -0.3 is 20.3 Å². The Bertz CT molecular complexity index is 511. The molecular formula is C21H39N5O. The zero-order valence-corrected chi connectivity index (χ0v) is 17.4. The summed E-state index contributed by atoms with van der Waals surface area (Å²) in [5.41, 5.74) is 0.250. The third-order valence-electron chi connectivity index (χ3n) is 7.25. The van der Waals surface area contributed by atoms with Crippen LogP contribution in [0.4, 0.5) is 0 Å². The van der Waals surface area contributed by atoms with Crippen molar-refractivity contribution in [1.82, 2.24) is 20.4 Å². The van der Waals surface area contributed by atoms with E-state index in [-0.39, 0.29) is 5.54 Å². The van der Waals surface area contributed by atoms with Gasteiger partial charge in [0.2, 0.25) is 0 Å². The van der Waals surface area contributed by atoms with Crippen molar-refractivity contribution >= 4 is 5.96 Å². The van der Waals surface area contributed by atoms with Gasteiger partial charge >= 0.3 is 0 Å². The van der Waals surface area contributed by atoms with Crippen molar-refractivity contribution in [1.29, 1.82) is 0 Å². The molecule has 0 amide bonds. The van der Waals surface area contributed by atoms with Gasteiger partial charge in [0.25, 0.3) is 0 Å². The Balaban J connectivity index is 1.44. The first-order valence-corrected chi connectivity index (χ1v) is 11.3. The summed E-state index contributed by atoms with van der Waals surface area (Å²) < 4.78 is 6.03. The van der Waals surface area contributed by atoms with Gasteiger partial charge in [0.1, 0.15) is 0 Å². The van der Waals surface area contributed by atoms with E-state index in [4.69, 9.17) is 9.73 Å². The lowest BCUT2D eigenvalue weighted by atomic mass is 9.84. The van der Waals surface area contributed by atoms with Gasteiger partial charge in [0, 0.05) is 12.1 Å². The molecule has 0 saturated carbocycles. The third-order valence-corrected chi connectivity index (χ3v) is 7.25. The number of aliphatic imine (C=N–C) groups is 1. The first-order valence-electron chi connectivity index (χ1n) is 11.3. The number of hydrogen-bond donors (Lipinski definition) is 2. The molecule has 4 aliphatic heterocycles. The Morgan fingerprint density at radius 3 is 2.52 bits per heavy atom. The highest BCUT2D eigenvalue weighted by molar-refractivity contribution is 5.80. The zero-order chi connectivity index (χ0) is 18.7. The number of nitrogens with zero attached hydrogens (tertiary/aromatic N) is 3. The summed E-state index contributed by atoms with van der Waals surface area (Å²) in [6.07, 6.45) is 11.0. The predicted molar refractivity (Wildman–Crippen MR) is 110 cm³/mol.